The summed E-state index contributed by atoms with van der Waals surface area (Å²) >= 11 is 0. The zero-order valence-electron chi connectivity index (χ0n) is 12.8. The molecule has 0 N–H and O–H groups in total. The van der Waals surface area contributed by atoms with Crippen molar-refractivity contribution in [2.75, 3.05) is 14.2 Å². The van der Waals surface area contributed by atoms with Gasteiger partial charge in [0.2, 0.25) is 0 Å². The van der Waals surface area contributed by atoms with Gasteiger partial charge in [-0.05, 0) is 13.8 Å². The molecule has 0 aromatic heterocycles. The first-order valence-corrected chi connectivity index (χ1v) is 6.37. The van der Waals surface area contributed by atoms with E-state index in [9.17, 15) is 14.9 Å². The van der Waals surface area contributed by atoms with E-state index in [0.717, 1.165) is 0 Å². The second kappa shape index (κ2) is 6.92. The Kier molecular flexibility index (Phi) is 5.52. The number of carbonyl (C=O) groups is 1. The van der Waals surface area contributed by atoms with Crippen LogP contribution in [0.15, 0.2) is 6.07 Å². The molecule has 7 nitrogen and oxygen atoms in total. The lowest BCUT2D eigenvalue weighted by Gasteiger charge is -2.17. The maximum absolute atomic E-state index is 11.2. The monoisotopic (exact) mass is 297 g/mol. The Labute approximate surface area is 123 Å². The number of nitrogens with zero attached hydrogens (tertiary/aromatic N) is 1. The van der Waals surface area contributed by atoms with E-state index in [2.05, 4.69) is 0 Å². The molecular formula is C14H19NO6. The number of benzene rings is 1. The Hall–Kier alpha value is -2.31. The zero-order chi connectivity index (χ0) is 16.2. The van der Waals surface area contributed by atoms with Crippen molar-refractivity contribution in [2.45, 2.75) is 33.3 Å². The molecule has 116 valence electrons. The van der Waals surface area contributed by atoms with Crippen LogP contribution in [-0.2, 0) is 16.0 Å². The molecule has 0 fully saturated rings. The van der Waals surface area contributed by atoms with Crippen molar-refractivity contribution >= 4 is 11.7 Å². The largest absolute Gasteiger partial charge is 0.493 e. The van der Waals surface area contributed by atoms with Crippen LogP contribution in [0.25, 0.3) is 0 Å². The van der Waals surface area contributed by atoms with Gasteiger partial charge in [-0.1, -0.05) is 0 Å². The van der Waals surface area contributed by atoms with Crippen LogP contribution in [-0.4, -0.2) is 31.2 Å². The van der Waals surface area contributed by atoms with E-state index in [1.807, 2.05) is 0 Å². The van der Waals surface area contributed by atoms with Crippen molar-refractivity contribution in [1.29, 1.82) is 0 Å². The van der Waals surface area contributed by atoms with Gasteiger partial charge in [-0.15, -0.1) is 0 Å². The van der Waals surface area contributed by atoms with Crippen molar-refractivity contribution < 1.29 is 23.9 Å². The number of hydrogen-bond acceptors (Lipinski definition) is 6. The highest BCUT2D eigenvalue weighted by molar-refractivity contribution is 5.66. The lowest BCUT2D eigenvalue weighted by Crippen LogP contribution is -2.17. The molecular weight excluding hydrogens is 278 g/mol. The van der Waals surface area contributed by atoms with E-state index >= 15 is 0 Å². The Balaban J connectivity index is 3.33. The zero-order valence-corrected chi connectivity index (χ0v) is 12.8. The maximum Gasteiger partial charge on any atom is 0.302 e. The third-order valence-electron chi connectivity index (χ3n) is 3.07. The molecule has 0 saturated heterocycles. The van der Waals surface area contributed by atoms with Gasteiger partial charge in [0.05, 0.1) is 25.2 Å². The van der Waals surface area contributed by atoms with Gasteiger partial charge >= 0.3 is 5.97 Å². The molecule has 0 bridgehead atoms. The number of ether oxygens (including phenoxy) is 3. The van der Waals surface area contributed by atoms with Crippen LogP contribution in [0.5, 0.6) is 11.5 Å². The molecule has 1 atom stereocenters. The summed E-state index contributed by atoms with van der Waals surface area (Å²) in [5.41, 5.74) is 0.984. The summed E-state index contributed by atoms with van der Waals surface area (Å²) in [6.45, 7) is 4.69. The van der Waals surface area contributed by atoms with Crippen molar-refractivity contribution in [1.82, 2.24) is 0 Å². The van der Waals surface area contributed by atoms with Crippen LogP contribution < -0.4 is 9.47 Å². The molecule has 0 spiro atoms. The fourth-order valence-corrected chi connectivity index (χ4v) is 2.23. The van der Waals surface area contributed by atoms with E-state index in [0.29, 0.717) is 22.6 Å². The molecule has 7 heteroatoms. The van der Waals surface area contributed by atoms with Gasteiger partial charge < -0.3 is 14.2 Å². The van der Waals surface area contributed by atoms with Crippen LogP contribution in [0.4, 0.5) is 5.69 Å². The van der Waals surface area contributed by atoms with Gasteiger partial charge in [0.25, 0.3) is 5.69 Å². The summed E-state index contributed by atoms with van der Waals surface area (Å²) in [7, 11) is 2.89. The van der Waals surface area contributed by atoms with Gasteiger partial charge in [-0.25, -0.2) is 0 Å². The van der Waals surface area contributed by atoms with E-state index in [-0.39, 0.29) is 12.1 Å². The van der Waals surface area contributed by atoms with Crippen LogP contribution in [0, 0.1) is 17.0 Å². The number of nitro benzene ring substituents is 1. The number of hydrogen-bond donors (Lipinski definition) is 0. The predicted octanol–water partition coefficient (Wildman–Crippen LogP) is 2.41. The molecule has 0 radical (unpaired) electrons. The SMILES string of the molecule is COc1cc([N+](=O)[O-])c(C[C@H](C)OC(C)=O)c(C)c1OC. The molecule has 0 aliphatic rings. The van der Waals surface area contributed by atoms with Crippen LogP contribution >= 0.6 is 0 Å². The van der Waals surface area contributed by atoms with Gasteiger partial charge in [-0.2, -0.15) is 0 Å². The minimum absolute atomic E-state index is 0.0795. The minimum atomic E-state index is -0.481. The summed E-state index contributed by atoms with van der Waals surface area (Å²) in [5, 5.41) is 11.2. The third-order valence-corrected chi connectivity index (χ3v) is 3.07. The molecule has 0 unspecified atom stereocenters. The molecule has 0 aliphatic carbocycles. The predicted molar refractivity (Wildman–Crippen MR) is 75.9 cm³/mol. The second-order valence-corrected chi connectivity index (χ2v) is 4.62. The van der Waals surface area contributed by atoms with Crippen molar-refractivity contribution in [3.05, 3.63) is 27.3 Å². The smallest absolute Gasteiger partial charge is 0.302 e. The summed E-state index contributed by atoms with van der Waals surface area (Å²) < 4.78 is 15.4. The molecule has 0 saturated carbocycles. The van der Waals surface area contributed by atoms with Gasteiger partial charge in [0.1, 0.15) is 6.10 Å². The number of nitro groups is 1. The van der Waals surface area contributed by atoms with E-state index in [1.54, 1.807) is 13.8 Å². The number of carbonyl (C=O) groups excluding carboxylic acids is 1. The molecule has 21 heavy (non-hydrogen) atoms. The van der Waals surface area contributed by atoms with Crippen LogP contribution in [0.2, 0.25) is 0 Å². The molecule has 0 aliphatic heterocycles. The fraction of sp³-hybridized carbons (Fsp3) is 0.500. The average molecular weight is 297 g/mol. The Morgan fingerprint density at radius 1 is 1.38 bits per heavy atom. The first kappa shape index (κ1) is 16.7. The summed E-state index contributed by atoms with van der Waals surface area (Å²) in [6, 6.07) is 1.32. The fourth-order valence-electron chi connectivity index (χ4n) is 2.23. The Morgan fingerprint density at radius 2 is 2.00 bits per heavy atom. The first-order valence-electron chi connectivity index (χ1n) is 6.37. The van der Waals surface area contributed by atoms with Crippen molar-refractivity contribution in [2.24, 2.45) is 0 Å². The number of methoxy groups -OCH3 is 2. The Morgan fingerprint density at radius 3 is 2.43 bits per heavy atom. The van der Waals surface area contributed by atoms with Crippen molar-refractivity contribution in [3.63, 3.8) is 0 Å². The Bertz CT molecular complexity index is 555. The molecule has 0 heterocycles. The maximum atomic E-state index is 11.2. The topological polar surface area (TPSA) is 87.9 Å². The highest BCUT2D eigenvalue weighted by Crippen LogP contribution is 2.39. The lowest BCUT2D eigenvalue weighted by atomic mass is 9.99. The van der Waals surface area contributed by atoms with Crippen LogP contribution in [0.1, 0.15) is 25.0 Å². The second-order valence-electron chi connectivity index (χ2n) is 4.62. The summed E-state index contributed by atoms with van der Waals surface area (Å²) in [5.74, 6) is 0.307. The van der Waals surface area contributed by atoms with E-state index in [1.165, 1.54) is 27.2 Å². The standard InChI is InChI=1S/C14H19NO6/c1-8(21-10(3)16)6-11-9(2)14(20-5)13(19-4)7-12(11)15(17)18/h7-8H,6H2,1-5H3/t8-/m0/s1. The molecule has 1 rings (SSSR count). The van der Waals surface area contributed by atoms with Gasteiger partial charge in [-0.3, -0.25) is 14.9 Å². The highest BCUT2D eigenvalue weighted by atomic mass is 16.6. The summed E-state index contributed by atoms with van der Waals surface area (Å²) in [6.07, 6.45) is -0.250. The summed E-state index contributed by atoms with van der Waals surface area (Å²) in [4.78, 5) is 21.7. The molecule has 0 amide bonds. The van der Waals surface area contributed by atoms with Crippen LogP contribution in [0.3, 0.4) is 0 Å². The van der Waals surface area contributed by atoms with Gasteiger partial charge in [0, 0.05) is 24.5 Å². The first-order chi connectivity index (χ1) is 9.81. The lowest BCUT2D eigenvalue weighted by molar-refractivity contribution is -0.385. The molecule has 1 aromatic carbocycles. The highest BCUT2D eigenvalue weighted by Gasteiger charge is 2.25. The van der Waals surface area contributed by atoms with Crippen molar-refractivity contribution in [3.8, 4) is 11.5 Å². The normalized spacial score (nSPS) is 11.7. The third kappa shape index (κ3) is 3.84. The quantitative estimate of drug-likeness (QED) is 0.455. The van der Waals surface area contributed by atoms with E-state index in [4.69, 9.17) is 14.2 Å². The average Bonchev–Trinajstić information content (AvgIpc) is 2.39. The number of rotatable bonds is 6. The minimum Gasteiger partial charge on any atom is -0.493 e. The van der Waals surface area contributed by atoms with E-state index < -0.39 is 17.0 Å². The molecule has 1 aromatic rings. The number of esters is 1. The van der Waals surface area contributed by atoms with Gasteiger partial charge in [0.15, 0.2) is 11.5 Å².